The van der Waals surface area contributed by atoms with Crippen molar-refractivity contribution in [2.45, 2.75) is 38.1 Å². The first-order chi connectivity index (χ1) is 10.8. The van der Waals surface area contributed by atoms with Crippen LogP contribution < -0.4 is 0 Å². The second kappa shape index (κ2) is 7.15. The molecule has 2 aromatic rings. The monoisotopic (exact) mass is 299 g/mol. The van der Waals surface area contributed by atoms with Gasteiger partial charge in [0.05, 0.1) is 0 Å². The van der Waals surface area contributed by atoms with Crippen molar-refractivity contribution < 1.29 is 4.79 Å². The molecule has 1 aliphatic heterocycles. The molecule has 6 heteroatoms. The Balaban J connectivity index is 1.49. The third-order valence-electron chi connectivity index (χ3n) is 4.13. The van der Waals surface area contributed by atoms with Crippen LogP contribution >= 0.6 is 0 Å². The number of hydrogen-bond acceptors (Lipinski definition) is 4. The minimum Gasteiger partial charge on any atom is -0.342 e. The molecule has 6 nitrogen and oxygen atoms in total. The fraction of sp³-hybridized carbons (Fsp3) is 0.500. The molecule has 1 atom stereocenters. The number of rotatable bonds is 5. The Morgan fingerprint density at radius 1 is 1.36 bits per heavy atom. The lowest BCUT2D eigenvalue weighted by Crippen LogP contribution is -2.39. The second-order valence-corrected chi connectivity index (χ2v) is 5.69. The van der Waals surface area contributed by atoms with Crippen LogP contribution in [-0.2, 0) is 11.3 Å². The summed E-state index contributed by atoms with van der Waals surface area (Å²) in [6.07, 6.45) is 10.6. The maximum absolute atomic E-state index is 12.4. The van der Waals surface area contributed by atoms with E-state index in [1.54, 1.807) is 18.7 Å². The highest BCUT2D eigenvalue weighted by atomic mass is 16.2. The van der Waals surface area contributed by atoms with Gasteiger partial charge < -0.3 is 4.90 Å². The maximum atomic E-state index is 12.4. The predicted molar refractivity (Wildman–Crippen MR) is 82.0 cm³/mol. The van der Waals surface area contributed by atoms with Crippen LogP contribution in [0.4, 0.5) is 0 Å². The van der Waals surface area contributed by atoms with Gasteiger partial charge in [-0.3, -0.25) is 9.48 Å². The van der Waals surface area contributed by atoms with E-state index in [1.807, 2.05) is 27.9 Å². The van der Waals surface area contributed by atoms with Gasteiger partial charge in [-0.1, -0.05) is 0 Å². The number of amides is 1. The first-order valence-electron chi connectivity index (χ1n) is 7.84. The highest BCUT2D eigenvalue weighted by Gasteiger charge is 2.25. The van der Waals surface area contributed by atoms with Crippen LogP contribution in [0, 0.1) is 0 Å². The van der Waals surface area contributed by atoms with Gasteiger partial charge in [-0.25, -0.2) is 9.97 Å². The molecule has 1 fully saturated rings. The van der Waals surface area contributed by atoms with Crippen molar-refractivity contribution in [3.05, 3.63) is 42.7 Å². The van der Waals surface area contributed by atoms with Crippen LogP contribution in [0.2, 0.25) is 0 Å². The fourth-order valence-corrected chi connectivity index (χ4v) is 2.97. The van der Waals surface area contributed by atoms with Gasteiger partial charge in [-0.15, -0.1) is 0 Å². The predicted octanol–water partition coefficient (Wildman–Crippen LogP) is 1.86. The van der Waals surface area contributed by atoms with Gasteiger partial charge in [0.1, 0.15) is 6.33 Å². The summed E-state index contributed by atoms with van der Waals surface area (Å²) in [5, 5.41) is 4.15. The molecule has 0 aliphatic carbocycles. The van der Waals surface area contributed by atoms with Crippen LogP contribution in [-0.4, -0.2) is 43.6 Å². The number of likely N-dealkylation sites (tertiary alicyclic amines) is 1. The normalized spacial score (nSPS) is 18.4. The van der Waals surface area contributed by atoms with E-state index < -0.39 is 0 Å². The molecule has 0 spiro atoms. The summed E-state index contributed by atoms with van der Waals surface area (Å²) in [4.78, 5) is 22.6. The van der Waals surface area contributed by atoms with E-state index in [9.17, 15) is 4.79 Å². The van der Waals surface area contributed by atoms with Crippen LogP contribution in [0.15, 0.2) is 37.1 Å². The van der Waals surface area contributed by atoms with Crippen molar-refractivity contribution in [3.63, 3.8) is 0 Å². The summed E-state index contributed by atoms with van der Waals surface area (Å²) in [5.74, 6) is 0.581. The highest BCUT2D eigenvalue weighted by molar-refractivity contribution is 5.76. The Hall–Kier alpha value is -2.24. The largest absolute Gasteiger partial charge is 0.342 e. The van der Waals surface area contributed by atoms with E-state index >= 15 is 0 Å². The summed E-state index contributed by atoms with van der Waals surface area (Å²) in [7, 11) is 0. The van der Waals surface area contributed by atoms with Crippen LogP contribution in [0.3, 0.4) is 0 Å². The van der Waals surface area contributed by atoms with Crippen molar-refractivity contribution in [1.29, 1.82) is 0 Å². The molecule has 22 heavy (non-hydrogen) atoms. The smallest absolute Gasteiger partial charge is 0.222 e. The average Bonchev–Trinajstić information content (AvgIpc) is 3.09. The number of aryl methyl sites for hydroxylation is 1. The number of piperidine rings is 1. The van der Waals surface area contributed by atoms with E-state index in [2.05, 4.69) is 15.1 Å². The molecule has 0 N–H and O–H groups in total. The Kier molecular flexibility index (Phi) is 4.78. The molecular formula is C16H21N5O. The molecule has 0 unspecified atom stereocenters. The van der Waals surface area contributed by atoms with E-state index in [4.69, 9.17) is 0 Å². The standard InChI is InChI=1S/C16H21N5O/c22-16(5-2-10-21-11-3-7-19-21)20-9-1-4-14(12-20)15-6-8-17-13-18-15/h3,6-8,11,13-14H,1-2,4-5,9-10,12H2/t14-/m1/s1. The van der Waals surface area contributed by atoms with Gasteiger partial charge in [0.25, 0.3) is 0 Å². The molecule has 0 bridgehead atoms. The first kappa shape index (κ1) is 14.7. The van der Waals surface area contributed by atoms with Crippen LogP contribution in [0.25, 0.3) is 0 Å². The van der Waals surface area contributed by atoms with Crippen LogP contribution in [0.1, 0.15) is 37.3 Å². The molecule has 1 amide bonds. The number of carbonyl (C=O) groups is 1. The Labute approximate surface area is 130 Å². The van der Waals surface area contributed by atoms with Gasteiger partial charge >= 0.3 is 0 Å². The molecule has 3 heterocycles. The molecule has 0 saturated carbocycles. The molecule has 1 saturated heterocycles. The van der Waals surface area contributed by atoms with E-state index in [1.165, 1.54) is 0 Å². The lowest BCUT2D eigenvalue weighted by atomic mass is 9.94. The van der Waals surface area contributed by atoms with Gasteiger partial charge in [0.15, 0.2) is 0 Å². The average molecular weight is 299 g/mol. The maximum Gasteiger partial charge on any atom is 0.222 e. The second-order valence-electron chi connectivity index (χ2n) is 5.69. The molecule has 0 radical (unpaired) electrons. The number of nitrogens with zero attached hydrogens (tertiary/aromatic N) is 5. The van der Waals surface area contributed by atoms with Crippen molar-refractivity contribution in [1.82, 2.24) is 24.6 Å². The molecule has 116 valence electrons. The number of carbonyl (C=O) groups excluding carboxylic acids is 1. The summed E-state index contributed by atoms with van der Waals surface area (Å²) >= 11 is 0. The van der Waals surface area contributed by atoms with Crippen LogP contribution in [0.5, 0.6) is 0 Å². The summed E-state index contributed by atoms with van der Waals surface area (Å²) in [6.45, 7) is 2.43. The van der Waals surface area contributed by atoms with E-state index in [0.29, 0.717) is 12.3 Å². The van der Waals surface area contributed by atoms with Crippen molar-refractivity contribution in [3.8, 4) is 0 Å². The lowest BCUT2D eigenvalue weighted by molar-refractivity contribution is -0.132. The Morgan fingerprint density at radius 2 is 2.32 bits per heavy atom. The zero-order valence-electron chi connectivity index (χ0n) is 12.6. The molecule has 0 aromatic carbocycles. The summed E-state index contributed by atoms with van der Waals surface area (Å²) in [6, 6.07) is 3.86. The van der Waals surface area contributed by atoms with Crippen molar-refractivity contribution >= 4 is 5.91 Å². The number of hydrogen-bond donors (Lipinski definition) is 0. The van der Waals surface area contributed by atoms with Crippen molar-refractivity contribution in [2.24, 2.45) is 0 Å². The topological polar surface area (TPSA) is 63.9 Å². The summed E-state index contributed by atoms with van der Waals surface area (Å²) < 4.78 is 1.87. The Morgan fingerprint density at radius 3 is 3.09 bits per heavy atom. The molecule has 1 aliphatic rings. The summed E-state index contributed by atoms with van der Waals surface area (Å²) in [5.41, 5.74) is 1.05. The fourth-order valence-electron chi connectivity index (χ4n) is 2.97. The minimum atomic E-state index is 0.242. The SMILES string of the molecule is O=C(CCCn1cccn1)N1CCC[C@@H](c2ccncn2)C1. The third-order valence-corrected chi connectivity index (χ3v) is 4.13. The number of aromatic nitrogens is 4. The first-order valence-corrected chi connectivity index (χ1v) is 7.84. The van der Waals surface area contributed by atoms with Crippen molar-refractivity contribution in [2.75, 3.05) is 13.1 Å². The molecular weight excluding hydrogens is 278 g/mol. The minimum absolute atomic E-state index is 0.242. The quantitative estimate of drug-likeness (QED) is 0.845. The lowest BCUT2D eigenvalue weighted by Gasteiger charge is -2.32. The Bertz CT molecular complexity index is 584. The third kappa shape index (κ3) is 3.69. The van der Waals surface area contributed by atoms with Gasteiger partial charge in [-0.2, -0.15) is 5.10 Å². The van der Waals surface area contributed by atoms with E-state index in [-0.39, 0.29) is 5.91 Å². The van der Waals surface area contributed by atoms with E-state index in [0.717, 1.165) is 44.6 Å². The highest BCUT2D eigenvalue weighted by Crippen LogP contribution is 2.25. The zero-order valence-corrected chi connectivity index (χ0v) is 12.6. The van der Waals surface area contributed by atoms with Gasteiger partial charge in [-0.05, 0) is 31.4 Å². The van der Waals surface area contributed by atoms with Gasteiger partial charge in [0.2, 0.25) is 5.91 Å². The molecule has 2 aromatic heterocycles. The zero-order chi connectivity index (χ0) is 15.2. The molecule has 3 rings (SSSR count). The van der Waals surface area contributed by atoms with Gasteiger partial charge in [0, 0.05) is 56.3 Å².